The molecule has 0 atom stereocenters. The van der Waals surface area contributed by atoms with Gasteiger partial charge in [-0.3, -0.25) is 0 Å². The minimum absolute atomic E-state index is 0.726. The molecule has 0 saturated heterocycles. The van der Waals surface area contributed by atoms with Crippen LogP contribution >= 0.6 is 23.4 Å². The molecule has 106 valence electrons. The van der Waals surface area contributed by atoms with Gasteiger partial charge in [-0.05, 0) is 44.5 Å². The van der Waals surface area contributed by atoms with E-state index in [0.717, 1.165) is 28.8 Å². The quantitative estimate of drug-likeness (QED) is 0.780. The molecule has 0 bridgehead atoms. The highest BCUT2D eigenvalue weighted by Crippen LogP contribution is 2.29. The predicted molar refractivity (Wildman–Crippen MR) is 88.9 cm³/mol. The molecule has 0 saturated carbocycles. The third-order valence-electron chi connectivity index (χ3n) is 2.97. The number of hydrogen-bond acceptors (Lipinski definition) is 3. The Hall–Kier alpha value is -1.19. The molecule has 1 aromatic carbocycles. The van der Waals surface area contributed by atoms with Gasteiger partial charge in [0.15, 0.2) is 0 Å². The first kappa shape index (κ1) is 15.2. The van der Waals surface area contributed by atoms with Gasteiger partial charge < -0.3 is 5.32 Å². The molecule has 0 aliphatic carbocycles. The lowest BCUT2D eigenvalue weighted by Gasteiger charge is -2.09. The van der Waals surface area contributed by atoms with Crippen LogP contribution in [0.5, 0.6) is 0 Å². The third-order valence-corrected chi connectivity index (χ3v) is 4.50. The average Bonchev–Trinajstić information content (AvgIpc) is 2.41. The van der Waals surface area contributed by atoms with Gasteiger partial charge in [0.1, 0.15) is 5.82 Å². The first-order valence-corrected chi connectivity index (χ1v) is 8.06. The maximum absolute atomic E-state index is 6.22. The SMILES string of the molecule is CCNc1ccc(Cl)c(CSc2ccc(C)cc2C)n1. The van der Waals surface area contributed by atoms with E-state index in [0.29, 0.717) is 0 Å². The molecule has 1 heterocycles. The van der Waals surface area contributed by atoms with Gasteiger partial charge in [-0.25, -0.2) is 4.98 Å². The first-order chi connectivity index (χ1) is 9.60. The molecule has 0 aliphatic heterocycles. The Morgan fingerprint density at radius 2 is 2.00 bits per heavy atom. The summed E-state index contributed by atoms with van der Waals surface area (Å²) >= 11 is 8.00. The summed E-state index contributed by atoms with van der Waals surface area (Å²) in [7, 11) is 0. The second-order valence-corrected chi connectivity index (χ2v) is 6.14. The van der Waals surface area contributed by atoms with Crippen molar-refractivity contribution >= 4 is 29.2 Å². The predicted octanol–water partition coefficient (Wildman–Crippen LogP) is 5.08. The number of nitrogens with zero attached hydrogens (tertiary/aromatic N) is 1. The standard InChI is InChI=1S/C16H19ClN2S/c1-4-18-16-8-6-13(17)14(19-16)10-20-15-7-5-11(2)9-12(15)3/h5-9H,4,10H2,1-3H3,(H,18,19). The lowest BCUT2D eigenvalue weighted by atomic mass is 10.2. The van der Waals surface area contributed by atoms with E-state index in [4.69, 9.17) is 11.6 Å². The van der Waals surface area contributed by atoms with E-state index in [1.807, 2.05) is 12.1 Å². The fourth-order valence-corrected chi connectivity index (χ4v) is 3.19. The summed E-state index contributed by atoms with van der Waals surface area (Å²) in [5.41, 5.74) is 3.52. The van der Waals surface area contributed by atoms with E-state index in [1.54, 1.807) is 11.8 Å². The van der Waals surface area contributed by atoms with Crippen LogP contribution in [0.2, 0.25) is 5.02 Å². The van der Waals surface area contributed by atoms with Crippen molar-refractivity contribution in [3.8, 4) is 0 Å². The lowest BCUT2D eigenvalue weighted by molar-refractivity contribution is 1.11. The van der Waals surface area contributed by atoms with Crippen LogP contribution in [0.25, 0.3) is 0 Å². The fourth-order valence-electron chi connectivity index (χ4n) is 1.97. The lowest BCUT2D eigenvalue weighted by Crippen LogP contribution is -2.01. The number of halogens is 1. The summed E-state index contributed by atoms with van der Waals surface area (Å²) < 4.78 is 0. The summed E-state index contributed by atoms with van der Waals surface area (Å²) in [6.07, 6.45) is 0. The maximum atomic E-state index is 6.22. The topological polar surface area (TPSA) is 24.9 Å². The van der Waals surface area contributed by atoms with Gasteiger partial charge in [-0.2, -0.15) is 0 Å². The third kappa shape index (κ3) is 3.90. The minimum Gasteiger partial charge on any atom is -0.370 e. The van der Waals surface area contributed by atoms with Crippen molar-refractivity contribution in [1.82, 2.24) is 4.98 Å². The van der Waals surface area contributed by atoms with Crippen molar-refractivity contribution in [1.29, 1.82) is 0 Å². The number of thioether (sulfide) groups is 1. The molecule has 0 spiro atoms. The zero-order chi connectivity index (χ0) is 14.5. The second-order valence-electron chi connectivity index (χ2n) is 4.71. The second kappa shape index (κ2) is 7.00. The van der Waals surface area contributed by atoms with Crippen molar-refractivity contribution < 1.29 is 0 Å². The Morgan fingerprint density at radius 1 is 1.20 bits per heavy atom. The summed E-state index contributed by atoms with van der Waals surface area (Å²) in [6.45, 7) is 7.16. The number of anilines is 1. The van der Waals surface area contributed by atoms with Gasteiger partial charge in [0.05, 0.1) is 10.7 Å². The highest BCUT2D eigenvalue weighted by Gasteiger charge is 2.06. The number of rotatable bonds is 5. The molecule has 0 amide bonds. The molecule has 2 aromatic rings. The van der Waals surface area contributed by atoms with Crippen molar-refractivity contribution in [2.75, 3.05) is 11.9 Å². The van der Waals surface area contributed by atoms with Crippen molar-refractivity contribution in [2.24, 2.45) is 0 Å². The van der Waals surface area contributed by atoms with Gasteiger partial charge in [0, 0.05) is 17.2 Å². The average molecular weight is 307 g/mol. The van der Waals surface area contributed by atoms with Gasteiger partial charge in [0.25, 0.3) is 0 Å². The Kier molecular flexibility index (Phi) is 5.32. The van der Waals surface area contributed by atoms with Crippen LogP contribution in [0, 0.1) is 13.8 Å². The monoisotopic (exact) mass is 306 g/mol. The van der Waals surface area contributed by atoms with Gasteiger partial charge >= 0.3 is 0 Å². The number of aromatic nitrogens is 1. The van der Waals surface area contributed by atoms with Crippen molar-refractivity contribution in [3.63, 3.8) is 0 Å². The molecular formula is C16H19ClN2S. The molecule has 1 aromatic heterocycles. The molecule has 0 unspecified atom stereocenters. The van der Waals surface area contributed by atoms with Crippen LogP contribution in [0.4, 0.5) is 5.82 Å². The number of pyridine rings is 1. The van der Waals surface area contributed by atoms with Crippen LogP contribution in [-0.4, -0.2) is 11.5 Å². The molecule has 0 radical (unpaired) electrons. The van der Waals surface area contributed by atoms with Crippen LogP contribution in [0.3, 0.4) is 0 Å². The summed E-state index contributed by atoms with van der Waals surface area (Å²) in [5, 5.41) is 3.94. The van der Waals surface area contributed by atoms with E-state index < -0.39 is 0 Å². The zero-order valence-electron chi connectivity index (χ0n) is 12.0. The number of benzene rings is 1. The van der Waals surface area contributed by atoms with Gasteiger partial charge in [0.2, 0.25) is 0 Å². The molecule has 20 heavy (non-hydrogen) atoms. The Balaban J connectivity index is 2.11. The molecular weight excluding hydrogens is 288 g/mol. The minimum atomic E-state index is 0.726. The highest BCUT2D eigenvalue weighted by molar-refractivity contribution is 7.98. The van der Waals surface area contributed by atoms with E-state index in [-0.39, 0.29) is 0 Å². The van der Waals surface area contributed by atoms with E-state index in [2.05, 4.69) is 49.3 Å². The zero-order valence-corrected chi connectivity index (χ0v) is 13.6. The van der Waals surface area contributed by atoms with Gasteiger partial charge in [-0.15, -0.1) is 11.8 Å². The summed E-state index contributed by atoms with van der Waals surface area (Å²) in [5.74, 6) is 1.66. The molecule has 1 N–H and O–H groups in total. The molecule has 2 rings (SSSR count). The fraction of sp³-hybridized carbons (Fsp3) is 0.312. The molecule has 2 nitrogen and oxygen atoms in total. The van der Waals surface area contributed by atoms with Crippen molar-refractivity contribution in [3.05, 3.63) is 52.2 Å². The molecule has 0 fully saturated rings. The highest BCUT2D eigenvalue weighted by atomic mass is 35.5. The summed E-state index contributed by atoms with van der Waals surface area (Å²) in [6, 6.07) is 10.3. The van der Waals surface area contributed by atoms with Crippen molar-refractivity contribution in [2.45, 2.75) is 31.4 Å². The number of hydrogen-bond donors (Lipinski definition) is 1. The van der Waals surface area contributed by atoms with Crippen LogP contribution in [0.1, 0.15) is 23.7 Å². The van der Waals surface area contributed by atoms with E-state index >= 15 is 0 Å². The number of aryl methyl sites for hydroxylation is 2. The Morgan fingerprint density at radius 3 is 2.70 bits per heavy atom. The molecule has 4 heteroatoms. The first-order valence-electron chi connectivity index (χ1n) is 6.69. The maximum Gasteiger partial charge on any atom is 0.126 e. The van der Waals surface area contributed by atoms with E-state index in [9.17, 15) is 0 Å². The van der Waals surface area contributed by atoms with E-state index in [1.165, 1.54) is 16.0 Å². The van der Waals surface area contributed by atoms with Crippen LogP contribution < -0.4 is 5.32 Å². The number of nitrogens with one attached hydrogen (secondary N) is 1. The summed E-state index contributed by atoms with van der Waals surface area (Å²) in [4.78, 5) is 5.84. The normalized spacial score (nSPS) is 10.6. The Labute approximate surface area is 130 Å². The van der Waals surface area contributed by atoms with Gasteiger partial charge in [-0.1, -0.05) is 29.3 Å². The van der Waals surface area contributed by atoms with Crippen LogP contribution in [-0.2, 0) is 5.75 Å². The largest absolute Gasteiger partial charge is 0.370 e. The van der Waals surface area contributed by atoms with Crippen LogP contribution in [0.15, 0.2) is 35.2 Å². The Bertz CT molecular complexity index is 599. The smallest absolute Gasteiger partial charge is 0.126 e. The molecule has 0 aliphatic rings.